The number of hydrogen-bond donors (Lipinski definition) is 3. The lowest BCUT2D eigenvalue weighted by Crippen LogP contribution is -2.34. The quantitative estimate of drug-likeness (QED) is 0.510. The monoisotopic (exact) mass is 375 g/mol. The predicted octanol–water partition coefficient (Wildman–Crippen LogP) is 2.32. The van der Waals surface area contributed by atoms with Gasteiger partial charge in [0.05, 0.1) is 19.4 Å². The molecule has 26 heavy (non-hydrogen) atoms. The molecule has 0 aliphatic carbocycles. The summed E-state index contributed by atoms with van der Waals surface area (Å²) in [5.41, 5.74) is 3.34. The molecule has 2 aromatic carbocycles. The second-order valence-electron chi connectivity index (χ2n) is 5.14. The predicted molar refractivity (Wildman–Crippen MR) is 98.8 cm³/mol. The molecule has 0 aliphatic heterocycles. The highest BCUT2D eigenvalue weighted by Gasteiger charge is 2.07. The molecule has 0 saturated heterocycles. The van der Waals surface area contributed by atoms with E-state index in [4.69, 9.17) is 16.3 Å². The van der Waals surface area contributed by atoms with E-state index in [2.05, 4.69) is 15.8 Å². The molecule has 0 radical (unpaired) electrons. The van der Waals surface area contributed by atoms with Gasteiger partial charge in [0.1, 0.15) is 0 Å². The topological polar surface area (TPSA) is 100 Å². The van der Waals surface area contributed by atoms with Crippen molar-refractivity contribution >= 4 is 29.6 Å². The Balaban J connectivity index is 1.83. The van der Waals surface area contributed by atoms with E-state index in [1.54, 1.807) is 43.3 Å². The van der Waals surface area contributed by atoms with Crippen LogP contribution in [0.25, 0.3) is 0 Å². The molecule has 2 aromatic rings. The summed E-state index contributed by atoms with van der Waals surface area (Å²) in [6, 6.07) is 11.0. The summed E-state index contributed by atoms with van der Waals surface area (Å²) >= 11 is 5.75. The minimum atomic E-state index is -0.479. The molecular formula is C18H18ClN3O4. The second-order valence-corrected chi connectivity index (χ2v) is 5.58. The number of hydrazone groups is 1. The molecule has 0 aromatic heterocycles. The zero-order chi connectivity index (χ0) is 18.9. The van der Waals surface area contributed by atoms with E-state index in [1.165, 1.54) is 12.3 Å². The SMILES string of the molecule is CCOc1cc(/C=N\NC(=O)CNC(=O)c2ccc(Cl)cc2)ccc1O. The number of ether oxygens (including phenoxy) is 1. The number of hydrogen-bond acceptors (Lipinski definition) is 5. The van der Waals surface area contributed by atoms with Gasteiger partial charge in [-0.05, 0) is 55.0 Å². The lowest BCUT2D eigenvalue weighted by Gasteiger charge is -2.06. The van der Waals surface area contributed by atoms with Gasteiger partial charge in [0.25, 0.3) is 11.8 Å². The van der Waals surface area contributed by atoms with E-state index in [0.717, 1.165) is 0 Å². The minimum Gasteiger partial charge on any atom is -0.504 e. The summed E-state index contributed by atoms with van der Waals surface area (Å²) in [5, 5.41) is 16.4. The Morgan fingerprint density at radius 3 is 2.65 bits per heavy atom. The molecule has 0 spiro atoms. The summed E-state index contributed by atoms with van der Waals surface area (Å²) in [6.07, 6.45) is 1.40. The fraction of sp³-hybridized carbons (Fsp3) is 0.167. The summed E-state index contributed by atoms with van der Waals surface area (Å²) in [4.78, 5) is 23.6. The van der Waals surface area contributed by atoms with Crippen molar-refractivity contribution in [2.45, 2.75) is 6.92 Å². The molecule has 0 bridgehead atoms. The molecule has 0 unspecified atom stereocenters. The number of carbonyl (C=O) groups is 2. The van der Waals surface area contributed by atoms with Crippen LogP contribution in [-0.4, -0.2) is 36.3 Å². The first-order chi connectivity index (χ1) is 12.5. The van der Waals surface area contributed by atoms with Crippen LogP contribution >= 0.6 is 11.6 Å². The number of benzene rings is 2. The Bertz CT molecular complexity index is 807. The number of halogens is 1. The molecule has 0 saturated carbocycles. The van der Waals surface area contributed by atoms with Gasteiger partial charge in [0, 0.05) is 10.6 Å². The van der Waals surface area contributed by atoms with Gasteiger partial charge in [-0.3, -0.25) is 9.59 Å². The Morgan fingerprint density at radius 2 is 1.96 bits per heavy atom. The largest absolute Gasteiger partial charge is 0.504 e. The molecule has 2 amide bonds. The second kappa shape index (κ2) is 9.43. The molecule has 0 heterocycles. The highest BCUT2D eigenvalue weighted by Crippen LogP contribution is 2.26. The van der Waals surface area contributed by atoms with E-state index in [0.29, 0.717) is 28.5 Å². The van der Waals surface area contributed by atoms with Crippen molar-refractivity contribution in [1.29, 1.82) is 0 Å². The van der Waals surface area contributed by atoms with Gasteiger partial charge in [-0.25, -0.2) is 5.43 Å². The molecule has 0 aliphatic rings. The average Bonchev–Trinajstić information content (AvgIpc) is 2.63. The maximum atomic E-state index is 11.9. The number of amides is 2. The molecule has 0 fully saturated rings. The van der Waals surface area contributed by atoms with Gasteiger partial charge in [-0.1, -0.05) is 11.6 Å². The van der Waals surface area contributed by atoms with Crippen LogP contribution in [0.1, 0.15) is 22.8 Å². The number of nitrogens with zero attached hydrogens (tertiary/aromatic N) is 1. The van der Waals surface area contributed by atoms with Gasteiger partial charge in [-0.15, -0.1) is 0 Å². The molecule has 7 nitrogen and oxygen atoms in total. The van der Waals surface area contributed by atoms with E-state index in [-0.39, 0.29) is 18.2 Å². The van der Waals surface area contributed by atoms with Crippen molar-refractivity contribution in [2.24, 2.45) is 5.10 Å². The van der Waals surface area contributed by atoms with Gasteiger partial charge in [-0.2, -0.15) is 5.10 Å². The van der Waals surface area contributed by atoms with E-state index < -0.39 is 5.91 Å². The van der Waals surface area contributed by atoms with Crippen LogP contribution in [0.15, 0.2) is 47.6 Å². The van der Waals surface area contributed by atoms with Crippen LogP contribution < -0.4 is 15.5 Å². The number of carbonyl (C=O) groups excluding carboxylic acids is 2. The zero-order valence-electron chi connectivity index (χ0n) is 14.0. The molecule has 2 rings (SSSR count). The third kappa shape index (κ3) is 5.78. The summed E-state index contributed by atoms with van der Waals surface area (Å²) < 4.78 is 5.26. The van der Waals surface area contributed by atoms with Gasteiger partial charge >= 0.3 is 0 Å². The summed E-state index contributed by atoms with van der Waals surface area (Å²) in [5.74, 6) is -0.510. The number of phenols is 1. The lowest BCUT2D eigenvalue weighted by molar-refractivity contribution is -0.120. The Kier molecular flexibility index (Phi) is 6.99. The van der Waals surface area contributed by atoms with Gasteiger partial charge in [0.15, 0.2) is 11.5 Å². The number of phenolic OH excluding ortho intramolecular Hbond substituents is 1. The van der Waals surface area contributed by atoms with Crippen LogP contribution in [0.2, 0.25) is 5.02 Å². The Morgan fingerprint density at radius 1 is 1.23 bits per heavy atom. The smallest absolute Gasteiger partial charge is 0.259 e. The first-order valence-corrected chi connectivity index (χ1v) is 8.19. The van der Waals surface area contributed by atoms with Crippen LogP contribution in [0.5, 0.6) is 11.5 Å². The fourth-order valence-electron chi connectivity index (χ4n) is 1.96. The maximum Gasteiger partial charge on any atom is 0.259 e. The van der Waals surface area contributed by atoms with Crippen molar-refractivity contribution in [2.75, 3.05) is 13.2 Å². The highest BCUT2D eigenvalue weighted by atomic mass is 35.5. The van der Waals surface area contributed by atoms with Crippen LogP contribution in [0, 0.1) is 0 Å². The van der Waals surface area contributed by atoms with Gasteiger partial charge in [0.2, 0.25) is 0 Å². The molecule has 136 valence electrons. The number of nitrogens with one attached hydrogen (secondary N) is 2. The van der Waals surface area contributed by atoms with Gasteiger partial charge < -0.3 is 15.2 Å². The minimum absolute atomic E-state index is 0.0259. The van der Waals surface area contributed by atoms with E-state index in [9.17, 15) is 14.7 Å². The zero-order valence-corrected chi connectivity index (χ0v) is 14.8. The van der Waals surface area contributed by atoms with E-state index >= 15 is 0 Å². The van der Waals surface area contributed by atoms with Crippen molar-refractivity contribution in [3.63, 3.8) is 0 Å². The Hall–Kier alpha value is -3.06. The molecule has 0 atom stereocenters. The van der Waals surface area contributed by atoms with Crippen molar-refractivity contribution in [3.8, 4) is 11.5 Å². The summed E-state index contributed by atoms with van der Waals surface area (Å²) in [7, 11) is 0. The highest BCUT2D eigenvalue weighted by molar-refractivity contribution is 6.30. The first kappa shape index (κ1) is 19.3. The van der Waals surface area contributed by atoms with E-state index in [1.807, 2.05) is 0 Å². The molecular weight excluding hydrogens is 358 g/mol. The number of rotatable bonds is 7. The van der Waals surface area contributed by atoms with Crippen molar-refractivity contribution < 1.29 is 19.4 Å². The van der Waals surface area contributed by atoms with Crippen LogP contribution in [0.4, 0.5) is 0 Å². The lowest BCUT2D eigenvalue weighted by atomic mass is 10.2. The van der Waals surface area contributed by atoms with Crippen LogP contribution in [0.3, 0.4) is 0 Å². The third-order valence-corrected chi connectivity index (χ3v) is 3.45. The average molecular weight is 376 g/mol. The summed E-state index contributed by atoms with van der Waals surface area (Å²) in [6.45, 7) is 2.00. The maximum absolute atomic E-state index is 11.9. The Labute approximate surface area is 155 Å². The first-order valence-electron chi connectivity index (χ1n) is 7.81. The molecule has 3 N–H and O–H groups in total. The van der Waals surface area contributed by atoms with Crippen molar-refractivity contribution in [1.82, 2.24) is 10.7 Å². The fourth-order valence-corrected chi connectivity index (χ4v) is 2.09. The standard InChI is InChI=1S/C18H18ClN3O4/c1-2-26-16-9-12(3-8-15(16)23)10-21-22-17(24)11-20-18(25)13-4-6-14(19)7-5-13/h3-10,23H,2,11H2,1H3,(H,20,25)(H,22,24)/b21-10-. The van der Waals surface area contributed by atoms with Crippen molar-refractivity contribution in [3.05, 3.63) is 58.6 Å². The van der Waals surface area contributed by atoms with Crippen LogP contribution in [-0.2, 0) is 4.79 Å². The normalized spacial score (nSPS) is 10.5. The third-order valence-electron chi connectivity index (χ3n) is 3.20. The number of aromatic hydroxyl groups is 1. The molecule has 8 heteroatoms.